The van der Waals surface area contributed by atoms with Crippen LogP contribution in [0.2, 0.25) is 0 Å². The Hall–Kier alpha value is -0.730. The summed E-state index contributed by atoms with van der Waals surface area (Å²) in [5, 5.41) is 4.05. The van der Waals surface area contributed by atoms with Crippen molar-refractivity contribution in [2.45, 2.75) is 6.92 Å². The fraction of sp³-hybridized carbons (Fsp3) is 0.300. The van der Waals surface area contributed by atoms with Crippen LogP contribution in [0.25, 0.3) is 10.7 Å². The topological polar surface area (TPSA) is 57.0 Å². The smallest absolute Gasteiger partial charge is 0.378 e. The van der Waals surface area contributed by atoms with Crippen LogP contribution in [0.4, 0.5) is 0 Å². The quantitative estimate of drug-likeness (QED) is 0.749. The van der Waals surface area contributed by atoms with Crippen LogP contribution in [0.5, 0.6) is 0 Å². The summed E-state index contributed by atoms with van der Waals surface area (Å²) in [5.74, 6) is 0.207. The Labute approximate surface area is 124 Å². The Bertz CT molecular complexity index is 574. The van der Waals surface area contributed by atoms with Crippen LogP contribution < -0.4 is 0 Å². The third-order valence-corrected chi connectivity index (χ3v) is 5.34. The number of carbonyl (C=O) groups excluding carboxylic acids is 1. The van der Waals surface area contributed by atoms with Crippen molar-refractivity contribution in [1.29, 1.82) is 0 Å². The first-order chi connectivity index (χ1) is 8.52. The number of thiophene rings is 1. The van der Waals surface area contributed by atoms with Gasteiger partial charge in [-0.25, -0.2) is 14.5 Å². The van der Waals surface area contributed by atoms with Gasteiger partial charge in [0.1, 0.15) is 0 Å². The molecule has 0 radical (unpaired) electrons. The van der Waals surface area contributed by atoms with E-state index in [0.717, 1.165) is 13.1 Å². The van der Waals surface area contributed by atoms with Gasteiger partial charge in [0.15, 0.2) is 5.82 Å². The van der Waals surface area contributed by atoms with Crippen molar-refractivity contribution in [3.63, 3.8) is 0 Å². The summed E-state index contributed by atoms with van der Waals surface area (Å²) >= 11 is 8.35. The molecule has 0 N–H and O–H groups in total. The number of hydrogen-bond acceptors (Lipinski definition) is 5. The van der Waals surface area contributed by atoms with E-state index in [0.29, 0.717) is 12.4 Å². The normalized spacial score (nSPS) is 10.7. The van der Waals surface area contributed by atoms with Gasteiger partial charge >= 0.3 is 5.97 Å². The van der Waals surface area contributed by atoms with Gasteiger partial charge in [0.2, 0.25) is 0 Å². The molecular weight excluding hydrogens is 386 g/mol. The summed E-state index contributed by atoms with van der Waals surface area (Å²) in [5.41, 5.74) is 0. The molecule has 0 unspecified atom stereocenters. The van der Waals surface area contributed by atoms with E-state index in [2.05, 4.69) is 41.9 Å². The Morgan fingerprint density at radius 1 is 1.56 bits per heavy atom. The number of aromatic nitrogens is 3. The predicted octanol–water partition coefficient (Wildman–Crippen LogP) is 3.25. The van der Waals surface area contributed by atoms with E-state index in [-0.39, 0.29) is 5.82 Å². The molecule has 5 nitrogen and oxygen atoms in total. The summed E-state index contributed by atoms with van der Waals surface area (Å²) < 4.78 is 8.35. The van der Waals surface area contributed by atoms with Crippen LogP contribution in [0.3, 0.4) is 0 Å². The predicted molar refractivity (Wildman–Crippen MR) is 75.7 cm³/mol. The minimum absolute atomic E-state index is 0.0787. The second-order valence-corrected chi connectivity index (χ2v) is 6.56. The standard InChI is InChI=1S/C10H9Br2N3O2S/c1-3-17-10(16)8-13-9(15(2)14-8)6-4-5(11)7(12)18-6/h4H,3H2,1-2H3. The second kappa shape index (κ2) is 5.50. The van der Waals surface area contributed by atoms with Gasteiger partial charge in [0.05, 0.1) is 15.3 Å². The lowest BCUT2D eigenvalue weighted by atomic mass is 10.4. The van der Waals surface area contributed by atoms with Gasteiger partial charge in [-0.1, -0.05) is 0 Å². The number of nitrogens with zero attached hydrogens (tertiary/aromatic N) is 3. The highest BCUT2D eigenvalue weighted by molar-refractivity contribution is 9.13. The van der Waals surface area contributed by atoms with Gasteiger partial charge in [-0.3, -0.25) is 0 Å². The lowest BCUT2D eigenvalue weighted by molar-refractivity contribution is 0.0512. The fourth-order valence-corrected chi connectivity index (χ4v) is 3.39. The maximum Gasteiger partial charge on any atom is 0.378 e. The molecule has 0 saturated carbocycles. The first-order valence-electron chi connectivity index (χ1n) is 5.06. The Balaban J connectivity index is 2.37. The molecule has 0 saturated heterocycles. The van der Waals surface area contributed by atoms with Gasteiger partial charge in [-0.15, -0.1) is 16.4 Å². The van der Waals surface area contributed by atoms with Crippen LogP contribution in [-0.2, 0) is 11.8 Å². The highest BCUT2D eigenvalue weighted by Crippen LogP contribution is 2.37. The van der Waals surface area contributed by atoms with Crippen molar-refractivity contribution >= 4 is 49.2 Å². The minimum atomic E-state index is -0.506. The van der Waals surface area contributed by atoms with Crippen LogP contribution in [0.1, 0.15) is 17.5 Å². The molecule has 0 aliphatic heterocycles. The lowest BCUT2D eigenvalue weighted by Gasteiger charge is -1.94. The summed E-state index contributed by atoms with van der Waals surface area (Å²) in [6.07, 6.45) is 0. The monoisotopic (exact) mass is 393 g/mol. The van der Waals surface area contributed by atoms with Crippen molar-refractivity contribution in [2.75, 3.05) is 6.61 Å². The molecule has 96 valence electrons. The molecule has 0 aromatic carbocycles. The molecule has 0 aliphatic carbocycles. The maximum absolute atomic E-state index is 11.5. The van der Waals surface area contributed by atoms with Gasteiger partial charge in [-0.05, 0) is 44.8 Å². The Kier molecular flexibility index (Phi) is 4.18. The van der Waals surface area contributed by atoms with E-state index < -0.39 is 5.97 Å². The van der Waals surface area contributed by atoms with Crippen LogP contribution in [0.15, 0.2) is 14.3 Å². The van der Waals surface area contributed by atoms with Gasteiger partial charge in [0.25, 0.3) is 5.82 Å². The maximum atomic E-state index is 11.5. The first-order valence-corrected chi connectivity index (χ1v) is 7.46. The number of carbonyl (C=O) groups is 1. The number of esters is 1. The van der Waals surface area contributed by atoms with Crippen molar-refractivity contribution < 1.29 is 9.53 Å². The number of rotatable bonds is 3. The third-order valence-electron chi connectivity index (χ3n) is 2.09. The highest BCUT2D eigenvalue weighted by atomic mass is 79.9. The largest absolute Gasteiger partial charge is 0.460 e. The van der Waals surface area contributed by atoms with E-state index in [1.807, 2.05) is 6.07 Å². The van der Waals surface area contributed by atoms with Gasteiger partial charge < -0.3 is 4.74 Å². The molecule has 0 spiro atoms. The summed E-state index contributed by atoms with van der Waals surface area (Å²) in [6, 6.07) is 1.92. The van der Waals surface area contributed by atoms with Crippen LogP contribution in [-0.4, -0.2) is 27.3 Å². The number of aryl methyl sites for hydroxylation is 1. The van der Waals surface area contributed by atoms with Gasteiger partial charge in [0, 0.05) is 11.5 Å². The zero-order valence-electron chi connectivity index (χ0n) is 9.61. The SMILES string of the molecule is CCOC(=O)c1nc(-c2cc(Br)c(Br)s2)n(C)n1. The molecule has 0 amide bonds. The van der Waals surface area contributed by atoms with Crippen LogP contribution >= 0.6 is 43.2 Å². The molecule has 2 aromatic rings. The molecule has 0 aliphatic rings. The summed E-state index contributed by atoms with van der Waals surface area (Å²) in [6.45, 7) is 2.05. The van der Waals surface area contributed by atoms with E-state index in [4.69, 9.17) is 4.74 Å². The highest BCUT2D eigenvalue weighted by Gasteiger charge is 2.18. The average Bonchev–Trinajstić information content (AvgIpc) is 2.84. The first kappa shape index (κ1) is 13.7. The van der Waals surface area contributed by atoms with Crippen molar-refractivity contribution in [2.24, 2.45) is 7.05 Å². The average molecular weight is 395 g/mol. The molecule has 2 rings (SSSR count). The minimum Gasteiger partial charge on any atom is -0.460 e. The molecule has 0 atom stereocenters. The number of hydrogen-bond donors (Lipinski definition) is 0. The molecule has 0 bridgehead atoms. The zero-order valence-corrected chi connectivity index (χ0v) is 13.6. The number of halogens is 2. The summed E-state index contributed by atoms with van der Waals surface area (Å²) in [4.78, 5) is 16.7. The Morgan fingerprint density at radius 2 is 2.28 bits per heavy atom. The third kappa shape index (κ3) is 2.65. The summed E-state index contributed by atoms with van der Waals surface area (Å²) in [7, 11) is 1.74. The molecular formula is C10H9Br2N3O2S. The van der Waals surface area contributed by atoms with E-state index in [1.165, 1.54) is 11.3 Å². The van der Waals surface area contributed by atoms with Crippen molar-refractivity contribution in [3.8, 4) is 10.7 Å². The zero-order chi connectivity index (χ0) is 13.3. The molecule has 2 heterocycles. The molecule has 8 heteroatoms. The number of ether oxygens (including phenoxy) is 1. The lowest BCUT2D eigenvalue weighted by Crippen LogP contribution is -2.07. The van der Waals surface area contributed by atoms with Crippen LogP contribution in [0, 0.1) is 0 Å². The fourth-order valence-electron chi connectivity index (χ4n) is 1.34. The second-order valence-electron chi connectivity index (χ2n) is 3.34. The molecule has 0 fully saturated rings. The van der Waals surface area contributed by atoms with Crippen molar-refractivity contribution in [1.82, 2.24) is 14.8 Å². The van der Waals surface area contributed by atoms with Crippen molar-refractivity contribution in [3.05, 3.63) is 20.1 Å². The Morgan fingerprint density at radius 3 is 2.83 bits per heavy atom. The van der Waals surface area contributed by atoms with Gasteiger partial charge in [-0.2, -0.15) is 0 Å². The molecule has 18 heavy (non-hydrogen) atoms. The van der Waals surface area contributed by atoms with E-state index in [1.54, 1.807) is 18.7 Å². The van der Waals surface area contributed by atoms with E-state index >= 15 is 0 Å². The van der Waals surface area contributed by atoms with E-state index in [9.17, 15) is 4.79 Å². The molecule has 2 aromatic heterocycles.